The van der Waals surface area contributed by atoms with E-state index in [9.17, 15) is 8.78 Å². The molecule has 55 valence electrons. The van der Waals surface area contributed by atoms with Gasteiger partial charge in [-0.15, -0.1) is 0 Å². The Labute approximate surface area is 61.7 Å². The van der Waals surface area contributed by atoms with Crippen LogP contribution >= 0.6 is 0 Å². The van der Waals surface area contributed by atoms with E-state index in [2.05, 4.69) is 11.1 Å². The number of nitrogens with one attached hydrogen (secondary N) is 1. The zero-order chi connectivity index (χ0) is 7.84. The number of fused-ring (bicyclic) bond motifs is 1. The van der Waals surface area contributed by atoms with Crippen molar-refractivity contribution in [3.05, 3.63) is 36.0 Å². The van der Waals surface area contributed by atoms with Gasteiger partial charge in [0.1, 0.15) is 11.6 Å². The molecule has 0 amide bonds. The van der Waals surface area contributed by atoms with Crippen LogP contribution in [0.25, 0.3) is 10.9 Å². The third kappa shape index (κ3) is 0.888. The third-order valence-corrected chi connectivity index (χ3v) is 1.50. The van der Waals surface area contributed by atoms with E-state index in [-0.39, 0.29) is 0 Å². The Morgan fingerprint density at radius 3 is 2.91 bits per heavy atom. The largest absolute Gasteiger partial charge is 0.358 e. The fraction of sp³-hybridized carbons (Fsp3) is 0. The highest BCUT2D eigenvalue weighted by Crippen LogP contribution is 2.16. The molecule has 2 rings (SSSR count). The fourth-order valence-electron chi connectivity index (χ4n) is 1.02. The minimum Gasteiger partial charge on any atom is -0.358 e. The highest BCUT2D eigenvalue weighted by Gasteiger charge is 2.03. The molecule has 11 heavy (non-hydrogen) atoms. The molecule has 1 heterocycles. The molecular formula is C8H4F2N. The lowest BCUT2D eigenvalue weighted by molar-refractivity contribution is 0.591. The summed E-state index contributed by atoms with van der Waals surface area (Å²) in [5, 5.41) is 0.433. The highest BCUT2D eigenvalue weighted by atomic mass is 19.1. The number of halogens is 2. The van der Waals surface area contributed by atoms with Gasteiger partial charge in [-0.3, -0.25) is 0 Å². The SMILES string of the molecule is Fc1cc(F)c2[nH]c[c]c2c1. The molecule has 0 bridgehead atoms. The molecule has 0 saturated heterocycles. The van der Waals surface area contributed by atoms with Crippen molar-refractivity contribution in [1.82, 2.24) is 4.98 Å². The van der Waals surface area contributed by atoms with E-state index in [1.807, 2.05) is 0 Å². The number of aromatic amines is 1. The number of H-pyrrole nitrogens is 1. The lowest BCUT2D eigenvalue weighted by atomic mass is 10.2. The Kier molecular flexibility index (Phi) is 1.18. The summed E-state index contributed by atoms with van der Waals surface area (Å²) < 4.78 is 25.3. The summed E-state index contributed by atoms with van der Waals surface area (Å²) in [4.78, 5) is 2.62. The van der Waals surface area contributed by atoms with Gasteiger partial charge in [0.05, 0.1) is 5.52 Å². The third-order valence-electron chi connectivity index (χ3n) is 1.50. The standard InChI is InChI=1S/C8H4F2N/c9-6-3-5-1-2-11-8(5)7(10)4-6/h2-4,11H. The van der Waals surface area contributed by atoms with Gasteiger partial charge in [-0.25, -0.2) is 8.78 Å². The van der Waals surface area contributed by atoms with Crippen molar-refractivity contribution in [1.29, 1.82) is 0 Å². The number of aromatic nitrogens is 1. The second-order valence-electron chi connectivity index (χ2n) is 2.24. The van der Waals surface area contributed by atoms with Crippen LogP contribution in [0.4, 0.5) is 8.78 Å². The van der Waals surface area contributed by atoms with E-state index in [4.69, 9.17) is 0 Å². The van der Waals surface area contributed by atoms with Crippen LogP contribution in [0.1, 0.15) is 0 Å². The maximum atomic E-state index is 12.8. The van der Waals surface area contributed by atoms with Gasteiger partial charge in [-0.05, 0) is 6.07 Å². The smallest absolute Gasteiger partial charge is 0.150 e. The van der Waals surface area contributed by atoms with E-state index >= 15 is 0 Å². The van der Waals surface area contributed by atoms with Crippen molar-refractivity contribution in [3.8, 4) is 0 Å². The molecule has 1 aromatic heterocycles. The van der Waals surface area contributed by atoms with Gasteiger partial charge in [0.25, 0.3) is 0 Å². The van der Waals surface area contributed by atoms with Crippen molar-refractivity contribution in [2.45, 2.75) is 0 Å². The number of hydrogen-bond donors (Lipinski definition) is 1. The Bertz CT molecular complexity index is 392. The first-order valence-electron chi connectivity index (χ1n) is 3.11. The molecule has 3 heteroatoms. The topological polar surface area (TPSA) is 15.8 Å². The molecule has 0 fully saturated rings. The molecule has 1 N–H and O–H groups in total. The van der Waals surface area contributed by atoms with Gasteiger partial charge < -0.3 is 4.98 Å². The average Bonchev–Trinajstić information content (AvgIpc) is 2.34. The second kappa shape index (κ2) is 2.05. The Hall–Kier alpha value is -1.38. The van der Waals surface area contributed by atoms with Crippen LogP contribution in [0.5, 0.6) is 0 Å². The first-order valence-corrected chi connectivity index (χ1v) is 3.11. The van der Waals surface area contributed by atoms with Gasteiger partial charge in [0, 0.05) is 23.7 Å². The van der Waals surface area contributed by atoms with Crippen molar-refractivity contribution in [3.63, 3.8) is 0 Å². The van der Waals surface area contributed by atoms with Gasteiger partial charge in [0.15, 0.2) is 0 Å². The average molecular weight is 152 g/mol. The minimum atomic E-state index is -0.582. The minimum absolute atomic E-state index is 0.298. The van der Waals surface area contributed by atoms with Gasteiger partial charge in [0.2, 0.25) is 0 Å². The number of benzene rings is 1. The van der Waals surface area contributed by atoms with E-state index < -0.39 is 11.6 Å². The summed E-state index contributed by atoms with van der Waals surface area (Å²) in [7, 11) is 0. The fourth-order valence-corrected chi connectivity index (χ4v) is 1.02. The second-order valence-corrected chi connectivity index (χ2v) is 2.24. The molecule has 0 aliphatic carbocycles. The summed E-state index contributed by atoms with van der Waals surface area (Å²) in [6.45, 7) is 0. The van der Waals surface area contributed by atoms with Crippen molar-refractivity contribution in [2.75, 3.05) is 0 Å². The predicted molar refractivity (Wildman–Crippen MR) is 37.1 cm³/mol. The highest BCUT2D eigenvalue weighted by molar-refractivity contribution is 5.79. The molecule has 0 unspecified atom stereocenters. The molecule has 1 aromatic carbocycles. The number of rotatable bonds is 0. The Balaban J connectivity index is 2.91. The molecular weight excluding hydrogens is 148 g/mol. The van der Waals surface area contributed by atoms with E-state index in [0.29, 0.717) is 10.9 Å². The summed E-state index contributed by atoms with van der Waals surface area (Å²) >= 11 is 0. The maximum Gasteiger partial charge on any atom is 0.150 e. The first kappa shape index (κ1) is 6.34. The molecule has 2 aromatic rings. The van der Waals surface area contributed by atoms with Crippen LogP contribution in [-0.4, -0.2) is 4.98 Å². The van der Waals surface area contributed by atoms with E-state index in [1.54, 1.807) is 0 Å². The van der Waals surface area contributed by atoms with Crippen LogP contribution in [0.3, 0.4) is 0 Å². The van der Waals surface area contributed by atoms with Crippen LogP contribution in [-0.2, 0) is 0 Å². The van der Waals surface area contributed by atoms with Crippen LogP contribution in [0.15, 0.2) is 18.3 Å². The van der Waals surface area contributed by atoms with Crippen LogP contribution < -0.4 is 0 Å². The monoisotopic (exact) mass is 152 g/mol. The lowest BCUT2D eigenvalue weighted by Crippen LogP contribution is -1.80. The molecule has 1 radical (unpaired) electrons. The summed E-state index contributed by atoms with van der Waals surface area (Å²) in [5.41, 5.74) is 0.298. The maximum absolute atomic E-state index is 12.8. The van der Waals surface area contributed by atoms with Crippen LogP contribution in [0, 0.1) is 17.7 Å². The normalized spacial score (nSPS) is 10.7. The molecule has 1 nitrogen and oxygen atoms in total. The van der Waals surface area contributed by atoms with Gasteiger partial charge in [-0.1, -0.05) is 0 Å². The van der Waals surface area contributed by atoms with Crippen LogP contribution in [0.2, 0.25) is 0 Å². The Morgan fingerprint density at radius 1 is 1.27 bits per heavy atom. The van der Waals surface area contributed by atoms with E-state index in [0.717, 1.165) is 6.07 Å². The predicted octanol–water partition coefficient (Wildman–Crippen LogP) is 2.25. The lowest BCUT2D eigenvalue weighted by Gasteiger charge is -1.91. The van der Waals surface area contributed by atoms with Crippen molar-refractivity contribution in [2.24, 2.45) is 0 Å². The zero-order valence-corrected chi connectivity index (χ0v) is 5.49. The van der Waals surface area contributed by atoms with E-state index in [1.165, 1.54) is 12.3 Å². The number of hydrogen-bond acceptors (Lipinski definition) is 0. The van der Waals surface area contributed by atoms with Crippen molar-refractivity contribution >= 4 is 10.9 Å². The van der Waals surface area contributed by atoms with Gasteiger partial charge in [-0.2, -0.15) is 0 Å². The Morgan fingerprint density at radius 2 is 2.09 bits per heavy atom. The quantitative estimate of drug-likeness (QED) is 0.595. The van der Waals surface area contributed by atoms with Crippen molar-refractivity contribution < 1.29 is 8.78 Å². The molecule has 0 aliphatic rings. The molecule has 0 saturated carbocycles. The van der Waals surface area contributed by atoms with Gasteiger partial charge >= 0.3 is 0 Å². The summed E-state index contributed by atoms with van der Waals surface area (Å²) in [6, 6.07) is 4.74. The first-order chi connectivity index (χ1) is 5.27. The summed E-state index contributed by atoms with van der Waals surface area (Å²) in [5.74, 6) is -1.16. The molecule has 0 atom stereocenters. The zero-order valence-electron chi connectivity index (χ0n) is 5.49. The molecule has 0 aliphatic heterocycles. The summed E-state index contributed by atoms with van der Waals surface area (Å²) in [6.07, 6.45) is 1.45. The molecule has 0 spiro atoms.